The van der Waals surface area contributed by atoms with Crippen LogP contribution in [0.2, 0.25) is 5.02 Å². The summed E-state index contributed by atoms with van der Waals surface area (Å²) in [5.74, 6) is -0.900. The van der Waals surface area contributed by atoms with Crippen molar-refractivity contribution in [2.45, 2.75) is 25.8 Å². The highest BCUT2D eigenvalue weighted by atomic mass is 35.5. The molecule has 1 aliphatic rings. The SMILES string of the molecule is Cc1nc(C(=O)N2CCC[C@@H]2C(=O)O)nn1-c1ccc(Cl)cc1. The number of aromatic nitrogens is 3. The van der Waals surface area contributed by atoms with Gasteiger partial charge in [0.1, 0.15) is 11.9 Å². The molecule has 0 saturated carbocycles. The zero-order valence-corrected chi connectivity index (χ0v) is 13.2. The molecule has 8 heteroatoms. The Kier molecular flexibility index (Phi) is 4.04. The lowest BCUT2D eigenvalue weighted by Crippen LogP contribution is -2.40. The lowest BCUT2D eigenvalue weighted by Gasteiger charge is -2.19. The van der Waals surface area contributed by atoms with E-state index in [0.717, 1.165) is 5.69 Å². The van der Waals surface area contributed by atoms with E-state index in [1.807, 2.05) is 0 Å². The summed E-state index contributed by atoms with van der Waals surface area (Å²) in [5, 5.41) is 14.0. The van der Waals surface area contributed by atoms with Crippen molar-refractivity contribution in [1.82, 2.24) is 19.7 Å². The van der Waals surface area contributed by atoms with Gasteiger partial charge in [-0.3, -0.25) is 4.79 Å². The van der Waals surface area contributed by atoms with Crippen molar-refractivity contribution in [1.29, 1.82) is 0 Å². The van der Waals surface area contributed by atoms with E-state index < -0.39 is 17.9 Å². The Hall–Kier alpha value is -2.41. The number of carbonyl (C=O) groups is 2. The fourth-order valence-electron chi connectivity index (χ4n) is 2.70. The second kappa shape index (κ2) is 6.00. The Labute approximate surface area is 137 Å². The van der Waals surface area contributed by atoms with Gasteiger partial charge in [-0.15, -0.1) is 5.10 Å². The van der Waals surface area contributed by atoms with Crippen molar-refractivity contribution < 1.29 is 14.7 Å². The molecule has 1 atom stereocenters. The fraction of sp³-hybridized carbons (Fsp3) is 0.333. The maximum Gasteiger partial charge on any atom is 0.326 e. The lowest BCUT2D eigenvalue weighted by molar-refractivity contribution is -0.141. The van der Waals surface area contributed by atoms with Gasteiger partial charge in [-0.1, -0.05) is 11.6 Å². The van der Waals surface area contributed by atoms with Gasteiger partial charge in [0.15, 0.2) is 0 Å². The van der Waals surface area contributed by atoms with Crippen LogP contribution in [-0.4, -0.2) is 49.2 Å². The number of carboxylic acids is 1. The third-order valence-electron chi connectivity index (χ3n) is 3.83. The second-order valence-corrected chi connectivity index (χ2v) is 5.80. The van der Waals surface area contributed by atoms with Crippen molar-refractivity contribution in [2.24, 2.45) is 0 Å². The van der Waals surface area contributed by atoms with Gasteiger partial charge in [-0.25, -0.2) is 14.5 Å². The second-order valence-electron chi connectivity index (χ2n) is 5.37. The monoisotopic (exact) mass is 334 g/mol. The molecule has 1 N–H and O–H groups in total. The van der Waals surface area contributed by atoms with E-state index in [0.29, 0.717) is 30.2 Å². The molecule has 1 aromatic heterocycles. The molecule has 1 aromatic carbocycles. The predicted molar refractivity (Wildman–Crippen MR) is 82.8 cm³/mol. The smallest absolute Gasteiger partial charge is 0.326 e. The van der Waals surface area contributed by atoms with Gasteiger partial charge in [0.25, 0.3) is 5.91 Å². The number of halogens is 1. The maximum absolute atomic E-state index is 12.5. The highest BCUT2D eigenvalue weighted by molar-refractivity contribution is 6.30. The topological polar surface area (TPSA) is 88.3 Å². The predicted octanol–water partition coefficient (Wildman–Crippen LogP) is 1.92. The Balaban J connectivity index is 1.90. The molecule has 0 aliphatic carbocycles. The van der Waals surface area contributed by atoms with Crippen molar-refractivity contribution in [2.75, 3.05) is 6.54 Å². The standard InChI is InChI=1S/C15H15ClN4O3/c1-9-17-13(14(21)19-8-2-3-12(19)15(22)23)18-20(9)11-6-4-10(16)5-7-11/h4-7,12H,2-3,8H2,1H3,(H,22,23)/t12-/m1/s1. The number of carboxylic acid groups (broad SMARTS) is 1. The van der Waals surface area contributed by atoms with Crippen LogP contribution >= 0.6 is 11.6 Å². The van der Waals surface area contributed by atoms with E-state index >= 15 is 0 Å². The van der Waals surface area contributed by atoms with Crippen LogP contribution in [0.15, 0.2) is 24.3 Å². The summed E-state index contributed by atoms with van der Waals surface area (Å²) in [6, 6.07) is 6.19. The minimum Gasteiger partial charge on any atom is -0.480 e. The molecule has 0 bridgehead atoms. The van der Waals surface area contributed by atoms with Crippen LogP contribution in [0, 0.1) is 6.92 Å². The van der Waals surface area contributed by atoms with Gasteiger partial charge in [-0.2, -0.15) is 0 Å². The zero-order valence-electron chi connectivity index (χ0n) is 12.4. The average Bonchev–Trinajstić information content (AvgIpc) is 3.14. The highest BCUT2D eigenvalue weighted by Crippen LogP contribution is 2.20. The van der Waals surface area contributed by atoms with E-state index in [-0.39, 0.29) is 5.82 Å². The summed E-state index contributed by atoms with van der Waals surface area (Å²) in [5.41, 5.74) is 0.731. The number of benzene rings is 1. The first-order valence-corrected chi connectivity index (χ1v) is 7.58. The molecule has 120 valence electrons. The third-order valence-corrected chi connectivity index (χ3v) is 4.08. The molecular weight excluding hydrogens is 320 g/mol. The number of aryl methyl sites for hydroxylation is 1. The Morgan fingerprint density at radius 1 is 1.30 bits per heavy atom. The Bertz CT molecular complexity index is 757. The zero-order chi connectivity index (χ0) is 16.6. The summed E-state index contributed by atoms with van der Waals surface area (Å²) < 4.78 is 1.54. The van der Waals surface area contributed by atoms with Crippen molar-refractivity contribution >= 4 is 23.5 Å². The van der Waals surface area contributed by atoms with Crippen LogP contribution in [0.25, 0.3) is 5.69 Å². The first-order valence-electron chi connectivity index (χ1n) is 7.21. The summed E-state index contributed by atoms with van der Waals surface area (Å²) >= 11 is 5.86. The summed E-state index contributed by atoms with van der Waals surface area (Å²) in [4.78, 5) is 29.2. The molecule has 2 aromatic rings. The summed E-state index contributed by atoms with van der Waals surface area (Å²) in [6.45, 7) is 2.14. The molecule has 3 rings (SSSR count). The van der Waals surface area contributed by atoms with Gasteiger partial charge in [0.05, 0.1) is 5.69 Å². The number of rotatable bonds is 3. The highest BCUT2D eigenvalue weighted by Gasteiger charge is 2.36. The molecule has 0 radical (unpaired) electrons. The number of amides is 1. The van der Waals surface area contributed by atoms with Crippen LogP contribution in [-0.2, 0) is 4.79 Å². The van der Waals surface area contributed by atoms with E-state index in [9.17, 15) is 14.7 Å². The molecule has 1 aliphatic heterocycles. The third kappa shape index (κ3) is 2.92. The van der Waals surface area contributed by atoms with E-state index in [4.69, 9.17) is 11.6 Å². The van der Waals surface area contributed by atoms with Crippen LogP contribution in [0.5, 0.6) is 0 Å². The molecule has 0 unspecified atom stereocenters. The number of carbonyl (C=O) groups excluding carboxylic acids is 1. The molecule has 7 nitrogen and oxygen atoms in total. The maximum atomic E-state index is 12.5. The van der Waals surface area contributed by atoms with Gasteiger partial charge in [0, 0.05) is 11.6 Å². The summed E-state index contributed by atoms with van der Waals surface area (Å²) in [7, 11) is 0. The van der Waals surface area contributed by atoms with Crippen molar-refractivity contribution in [3.63, 3.8) is 0 Å². The number of hydrogen-bond acceptors (Lipinski definition) is 4. The minimum atomic E-state index is -0.996. The van der Waals surface area contributed by atoms with E-state index in [1.165, 1.54) is 9.58 Å². The molecule has 1 fully saturated rings. The number of likely N-dealkylation sites (tertiary alicyclic amines) is 1. The minimum absolute atomic E-state index is 0.00519. The Morgan fingerprint density at radius 2 is 2.00 bits per heavy atom. The largest absolute Gasteiger partial charge is 0.480 e. The van der Waals surface area contributed by atoms with Crippen LogP contribution in [0.1, 0.15) is 29.3 Å². The van der Waals surface area contributed by atoms with Crippen LogP contribution in [0.3, 0.4) is 0 Å². The molecule has 2 heterocycles. The molecule has 23 heavy (non-hydrogen) atoms. The van der Waals surface area contributed by atoms with Gasteiger partial charge >= 0.3 is 5.97 Å². The first-order chi connectivity index (χ1) is 11.0. The van der Waals surface area contributed by atoms with Crippen molar-refractivity contribution in [3.05, 3.63) is 40.9 Å². The first kappa shape index (κ1) is 15.5. The van der Waals surface area contributed by atoms with Crippen LogP contribution in [0.4, 0.5) is 0 Å². The molecule has 0 spiro atoms. The molecular formula is C15H15ClN4O3. The van der Waals surface area contributed by atoms with Gasteiger partial charge < -0.3 is 10.0 Å². The van der Waals surface area contributed by atoms with E-state index in [2.05, 4.69) is 10.1 Å². The molecule has 1 saturated heterocycles. The normalized spacial score (nSPS) is 17.5. The number of nitrogens with zero attached hydrogens (tertiary/aromatic N) is 4. The van der Waals surface area contributed by atoms with Gasteiger partial charge in [-0.05, 0) is 44.0 Å². The number of hydrogen-bond donors (Lipinski definition) is 1. The summed E-state index contributed by atoms with van der Waals surface area (Å²) in [6.07, 6.45) is 1.12. The van der Waals surface area contributed by atoms with Crippen LogP contribution < -0.4 is 0 Å². The van der Waals surface area contributed by atoms with Gasteiger partial charge in [0.2, 0.25) is 5.82 Å². The van der Waals surface area contributed by atoms with E-state index in [1.54, 1.807) is 31.2 Å². The number of aliphatic carboxylic acids is 1. The quantitative estimate of drug-likeness (QED) is 0.926. The Morgan fingerprint density at radius 3 is 2.65 bits per heavy atom. The lowest BCUT2D eigenvalue weighted by atomic mass is 10.2. The average molecular weight is 335 g/mol. The molecule has 1 amide bonds. The fourth-order valence-corrected chi connectivity index (χ4v) is 2.83. The van der Waals surface area contributed by atoms with Crippen molar-refractivity contribution in [3.8, 4) is 5.69 Å².